The first-order valence-corrected chi connectivity index (χ1v) is 7.33. The zero-order valence-corrected chi connectivity index (χ0v) is 11.6. The molecule has 1 aliphatic carbocycles. The van der Waals surface area contributed by atoms with Gasteiger partial charge in [0.2, 0.25) is 5.91 Å². The number of hydrogen-bond donors (Lipinski definition) is 0. The predicted molar refractivity (Wildman–Crippen MR) is 70.1 cm³/mol. The Bertz CT molecular complexity index is 383. The van der Waals surface area contributed by atoms with E-state index in [0.29, 0.717) is 11.3 Å². The quantitative estimate of drug-likeness (QED) is 0.791. The summed E-state index contributed by atoms with van der Waals surface area (Å²) in [6, 6.07) is 0.373. The average Bonchev–Trinajstić information content (AvgIpc) is 3.00. The first-order valence-electron chi connectivity index (χ1n) is 6.28. The number of carbonyl (C=O) groups excluding carboxylic acids is 1. The number of carbonyl (C=O) groups is 1. The molecule has 1 aromatic rings. The summed E-state index contributed by atoms with van der Waals surface area (Å²) in [5.41, 5.74) is 0. The second kappa shape index (κ2) is 6.17. The van der Waals surface area contributed by atoms with E-state index in [2.05, 4.69) is 22.4 Å². The Morgan fingerprint density at radius 2 is 2.39 bits per heavy atom. The van der Waals surface area contributed by atoms with E-state index >= 15 is 0 Å². The number of hydrogen-bond acceptors (Lipinski definition) is 5. The summed E-state index contributed by atoms with van der Waals surface area (Å²) in [7, 11) is 1.89. The van der Waals surface area contributed by atoms with E-state index in [1.54, 1.807) is 0 Å². The van der Waals surface area contributed by atoms with Crippen LogP contribution >= 0.6 is 11.8 Å². The van der Waals surface area contributed by atoms with Gasteiger partial charge in [0.25, 0.3) is 0 Å². The Balaban J connectivity index is 1.84. The molecule has 0 aromatic carbocycles. The topological polar surface area (TPSA) is 63.9 Å². The van der Waals surface area contributed by atoms with Gasteiger partial charge < -0.3 is 4.90 Å². The fourth-order valence-electron chi connectivity index (χ4n) is 2.36. The van der Waals surface area contributed by atoms with Crippen molar-refractivity contribution in [1.29, 1.82) is 0 Å². The molecular weight excluding hydrogens is 250 g/mol. The predicted octanol–water partition coefficient (Wildman–Crippen LogP) is 0.806. The number of tetrazole rings is 1. The maximum atomic E-state index is 12.1. The first-order chi connectivity index (χ1) is 8.70. The number of amides is 1. The van der Waals surface area contributed by atoms with Crippen LogP contribution in [0.1, 0.15) is 26.2 Å². The number of thioether (sulfide) groups is 1. The Labute approximate surface area is 111 Å². The lowest BCUT2D eigenvalue weighted by atomic mass is 10.2. The zero-order chi connectivity index (χ0) is 13.0. The van der Waals surface area contributed by atoms with E-state index in [-0.39, 0.29) is 12.5 Å². The van der Waals surface area contributed by atoms with Gasteiger partial charge in [-0.25, -0.2) is 4.68 Å². The van der Waals surface area contributed by atoms with Gasteiger partial charge in [0.15, 0.2) is 0 Å². The highest BCUT2D eigenvalue weighted by atomic mass is 32.2. The average molecular weight is 269 g/mol. The van der Waals surface area contributed by atoms with Gasteiger partial charge in [0.1, 0.15) is 12.9 Å². The second-order valence-corrected chi connectivity index (χ2v) is 6.13. The van der Waals surface area contributed by atoms with E-state index < -0.39 is 0 Å². The minimum absolute atomic E-state index is 0.0782. The van der Waals surface area contributed by atoms with Crippen LogP contribution in [-0.4, -0.2) is 55.1 Å². The molecule has 1 amide bonds. The van der Waals surface area contributed by atoms with E-state index in [1.165, 1.54) is 17.4 Å². The Kier molecular flexibility index (Phi) is 4.57. The van der Waals surface area contributed by atoms with Gasteiger partial charge in [-0.05, 0) is 35.4 Å². The first kappa shape index (κ1) is 13.3. The van der Waals surface area contributed by atoms with Crippen LogP contribution in [0.3, 0.4) is 0 Å². The minimum Gasteiger partial charge on any atom is -0.341 e. The maximum absolute atomic E-state index is 12.1. The van der Waals surface area contributed by atoms with Crippen LogP contribution in [0.5, 0.6) is 0 Å². The molecule has 0 saturated heterocycles. The molecule has 1 saturated carbocycles. The largest absolute Gasteiger partial charge is 0.341 e. The molecule has 7 heteroatoms. The molecule has 1 aliphatic rings. The van der Waals surface area contributed by atoms with Gasteiger partial charge in [-0.1, -0.05) is 6.92 Å². The van der Waals surface area contributed by atoms with E-state index in [4.69, 9.17) is 0 Å². The fourth-order valence-corrected chi connectivity index (χ4v) is 3.50. The van der Waals surface area contributed by atoms with Crippen LogP contribution in [0, 0.1) is 0 Å². The molecular formula is C11H19N5OS. The Morgan fingerprint density at radius 1 is 1.56 bits per heavy atom. The molecule has 2 rings (SSSR count). The number of rotatable bonds is 5. The van der Waals surface area contributed by atoms with Crippen LogP contribution < -0.4 is 0 Å². The maximum Gasteiger partial charge on any atom is 0.244 e. The summed E-state index contributed by atoms with van der Waals surface area (Å²) >= 11 is 2.00. The van der Waals surface area contributed by atoms with Crippen LogP contribution in [0.4, 0.5) is 0 Å². The minimum atomic E-state index is 0.0782. The Hall–Kier alpha value is -1.11. The SMILES string of the molecule is CCS[C@H]1CC[C@H](N(C)C(=O)Cn2cnnn2)C1. The molecule has 100 valence electrons. The molecule has 1 heterocycles. The normalized spacial score (nSPS) is 23.2. The molecule has 1 fully saturated rings. The lowest BCUT2D eigenvalue weighted by molar-refractivity contribution is -0.132. The number of aromatic nitrogens is 4. The Morgan fingerprint density at radius 3 is 3.06 bits per heavy atom. The third kappa shape index (κ3) is 3.22. The van der Waals surface area contributed by atoms with Gasteiger partial charge >= 0.3 is 0 Å². The molecule has 0 aliphatic heterocycles. The summed E-state index contributed by atoms with van der Waals surface area (Å²) in [5.74, 6) is 1.23. The standard InChI is InChI=1S/C11H19N5OS/c1-3-18-10-5-4-9(6-10)15(2)11(17)7-16-8-12-13-14-16/h8-10H,3-7H2,1-2H3/t9-,10-/m0/s1. The van der Waals surface area contributed by atoms with E-state index in [1.807, 2.05) is 23.7 Å². The van der Waals surface area contributed by atoms with Gasteiger partial charge in [0, 0.05) is 18.3 Å². The number of nitrogens with zero attached hydrogens (tertiary/aromatic N) is 5. The fraction of sp³-hybridized carbons (Fsp3) is 0.818. The highest BCUT2D eigenvalue weighted by molar-refractivity contribution is 7.99. The van der Waals surface area contributed by atoms with E-state index in [9.17, 15) is 4.79 Å². The third-order valence-electron chi connectivity index (χ3n) is 3.39. The molecule has 0 unspecified atom stereocenters. The van der Waals surface area contributed by atoms with Crippen LogP contribution in [0.25, 0.3) is 0 Å². The van der Waals surface area contributed by atoms with Crippen LogP contribution in [0.2, 0.25) is 0 Å². The van der Waals surface area contributed by atoms with Gasteiger partial charge in [-0.15, -0.1) is 5.10 Å². The van der Waals surface area contributed by atoms with Crippen molar-refractivity contribution in [2.45, 2.75) is 44.0 Å². The number of likely N-dealkylation sites (N-methyl/N-ethyl adjacent to an activating group) is 1. The lowest BCUT2D eigenvalue weighted by Gasteiger charge is -2.24. The van der Waals surface area contributed by atoms with Crippen molar-refractivity contribution in [2.75, 3.05) is 12.8 Å². The van der Waals surface area contributed by atoms with Gasteiger partial charge in [-0.2, -0.15) is 11.8 Å². The summed E-state index contributed by atoms with van der Waals surface area (Å²) in [6.45, 7) is 2.41. The zero-order valence-electron chi connectivity index (χ0n) is 10.8. The van der Waals surface area contributed by atoms with Crippen molar-refractivity contribution in [3.05, 3.63) is 6.33 Å². The third-order valence-corrected chi connectivity index (χ3v) is 4.62. The van der Waals surface area contributed by atoms with E-state index in [0.717, 1.165) is 18.6 Å². The van der Waals surface area contributed by atoms with Gasteiger partial charge in [0.05, 0.1) is 0 Å². The molecule has 6 nitrogen and oxygen atoms in total. The molecule has 0 spiro atoms. The molecule has 18 heavy (non-hydrogen) atoms. The summed E-state index contributed by atoms with van der Waals surface area (Å²) in [4.78, 5) is 13.9. The highest BCUT2D eigenvalue weighted by Gasteiger charge is 2.29. The molecule has 0 bridgehead atoms. The summed E-state index contributed by atoms with van der Waals surface area (Å²) in [5, 5.41) is 11.5. The van der Waals surface area contributed by atoms with Crippen molar-refractivity contribution >= 4 is 17.7 Å². The molecule has 0 radical (unpaired) electrons. The molecule has 2 atom stereocenters. The monoisotopic (exact) mass is 269 g/mol. The molecule has 1 aromatic heterocycles. The van der Waals surface area contributed by atoms with Gasteiger partial charge in [-0.3, -0.25) is 4.79 Å². The van der Waals surface area contributed by atoms with Crippen LogP contribution in [-0.2, 0) is 11.3 Å². The van der Waals surface area contributed by atoms with Crippen molar-refractivity contribution in [1.82, 2.24) is 25.1 Å². The van der Waals surface area contributed by atoms with Crippen molar-refractivity contribution in [3.63, 3.8) is 0 Å². The highest BCUT2D eigenvalue weighted by Crippen LogP contribution is 2.32. The van der Waals surface area contributed by atoms with Crippen molar-refractivity contribution in [3.8, 4) is 0 Å². The molecule has 0 N–H and O–H groups in total. The van der Waals surface area contributed by atoms with Crippen molar-refractivity contribution in [2.24, 2.45) is 0 Å². The lowest BCUT2D eigenvalue weighted by Crippen LogP contribution is -2.37. The van der Waals surface area contributed by atoms with Crippen molar-refractivity contribution < 1.29 is 4.79 Å². The summed E-state index contributed by atoms with van der Waals surface area (Å²) in [6.07, 6.45) is 4.90. The summed E-state index contributed by atoms with van der Waals surface area (Å²) < 4.78 is 1.46. The second-order valence-electron chi connectivity index (χ2n) is 4.56. The smallest absolute Gasteiger partial charge is 0.244 e. The van der Waals surface area contributed by atoms with Crippen LogP contribution in [0.15, 0.2) is 6.33 Å².